The van der Waals surface area contributed by atoms with Gasteiger partial charge in [-0.05, 0) is 55.2 Å². The van der Waals surface area contributed by atoms with Crippen molar-refractivity contribution in [2.45, 2.75) is 37.8 Å². The Morgan fingerprint density at radius 2 is 1.84 bits per heavy atom. The zero-order valence-electron chi connectivity index (χ0n) is 18.6. The van der Waals surface area contributed by atoms with Gasteiger partial charge >= 0.3 is 0 Å². The minimum atomic E-state index is 0.165. The molecule has 1 aliphatic heterocycles. The molecule has 1 aromatic carbocycles. The van der Waals surface area contributed by atoms with Gasteiger partial charge < -0.3 is 20.2 Å². The average molecular weight is 432 g/mol. The Kier molecular flexibility index (Phi) is 5.61. The number of hydrogen-bond donors (Lipinski definition) is 2. The van der Waals surface area contributed by atoms with Crippen molar-refractivity contribution in [1.29, 1.82) is 0 Å². The molecule has 1 unspecified atom stereocenters. The number of nitrogens with one attached hydrogen (secondary N) is 1. The molecule has 0 amide bonds. The van der Waals surface area contributed by atoms with Gasteiger partial charge in [0, 0.05) is 50.4 Å². The minimum Gasteiger partial charge on any atom is -0.507 e. The molecule has 0 radical (unpaired) electrons. The summed E-state index contributed by atoms with van der Waals surface area (Å²) in [5.74, 6) is 1.82. The molecule has 2 aliphatic rings. The number of aromatic nitrogens is 4. The van der Waals surface area contributed by atoms with E-state index in [1.165, 1.54) is 19.3 Å². The molecule has 2 N–H and O–H groups in total. The molecule has 8 heteroatoms. The van der Waals surface area contributed by atoms with Crippen LogP contribution in [0.15, 0.2) is 42.6 Å². The highest BCUT2D eigenvalue weighted by Crippen LogP contribution is 2.33. The van der Waals surface area contributed by atoms with Crippen molar-refractivity contribution in [3.8, 4) is 28.1 Å². The molecule has 2 fully saturated rings. The maximum atomic E-state index is 10.7. The molecule has 32 heavy (non-hydrogen) atoms. The molecular weight excluding hydrogens is 402 g/mol. The highest BCUT2D eigenvalue weighted by molar-refractivity contribution is 5.75. The fraction of sp³-hybridized carbons (Fsp3) is 0.417. The number of aromatic hydroxyl groups is 1. The van der Waals surface area contributed by atoms with Gasteiger partial charge in [-0.3, -0.25) is 0 Å². The molecule has 1 aliphatic carbocycles. The first-order valence-electron chi connectivity index (χ1n) is 11.3. The van der Waals surface area contributed by atoms with Gasteiger partial charge in [-0.25, -0.2) is 0 Å². The first kappa shape index (κ1) is 20.6. The summed E-state index contributed by atoms with van der Waals surface area (Å²) in [5.41, 5.74) is 3.08. The average Bonchev–Trinajstić information content (AvgIpc) is 3.25. The second-order valence-corrected chi connectivity index (χ2v) is 8.93. The minimum absolute atomic E-state index is 0.165. The van der Waals surface area contributed by atoms with Gasteiger partial charge in [0.2, 0.25) is 0 Å². The van der Waals surface area contributed by atoms with Crippen LogP contribution in [0.3, 0.4) is 0 Å². The molecular formula is C24H29N7O. The van der Waals surface area contributed by atoms with Crippen LogP contribution in [0.5, 0.6) is 5.75 Å². The molecule has 1 atom stereocenters. The lowest BCUT2D eigenvalue weighted by atomic mass is 9.92. The van der Waals surface area contributed by atoms with Crippen molar-refractivity contribution in [1.82, 2.24) is 25.7 Å². The standard InChI is InChI=1S/C24H29N7O/c1-30(2)24-13-17(14-25-28-24)16-6-7-20(22(32)12-16)21-8-9-23(29-27-21)31-11-10-19(15-31)26-18-4-3-5-18/h6-9,12-14,18-19,26,32H,3-5,10-11,15H2,1-2H3. The van der Waals surface area contributed by atoms with Crippen LogP contribution >= 0.6 is 0 Å². The van der Waals surface area contributed by atoms with Crippen LogP contribution < -0.4 is 15.1 Å². The van der Waals surface area contributed by atoms with Crippen LogP contribution in [-0.4, -0.2) is 64.8 Å². The van der Waals surface area contributed by atoms with Gasteiger partial charge in [0.15, 0.2) is 11.6 Å². The first-order chi connectivity index (χ1) is 15.6. The normalized spacial score (nSPS) is 18.6. The Labute approximate surface area is 188 Å². The second kappa shape index (κ2) is 8.70. The van der Waals surface area contributed by atoms with E-state index < -0.39 is 0 Å². The van der Waals surface area contributed by atoms with Crippen molar-refractivity contribution in [2.24, 2.45) is 0 Å². The van der Waals surface area contributed by atoms with Gasteiger partial charge in [-0.15, -0.1) is 15.3 Å². The summed E-state index contributed by atoms with van der Waals surface area (Å²) in [6.07, 6.45) is 6.80. The van der Waals surface area contributed by atoms with Crippen LogP contribution in [0.25, 0.3) is 22.4 Å². The Hall–Kier alpha value is -3.26. The largest absolute Gasteiger partial charge is 0.507 e. The summed E-state index contributed by atoms with van der Waals surface area (Å²) in [4.78, 5) is 4.18. The zero-order valence-corrected chi connectivity index (χ0v) is 18.6. The Morgan fingerprint density at radius 1 is 0.969 bits per heavy atom. The molecule has 1 saturated heterocycles. The van der Waals surface area contributed by atoms with E-state index in [2.05, 4.69) is 30.6 Å². The predicted molar refractivity (Wildman–Crippen MR) is 126 cm³/mol. The SMILES string of the molecule is CN(C)c1cc(-c2ccc(-c3ccc(N4CCC(NC5CCC5)C4)nn3)c(O)c2)cnn1. The molecule has 166 valence electrons. The van der Waals surface area contributed by atoms with Crippen LogP contribution in [0, 0.1) is 0 Å². The number of anilines is 2. The van der Waals surface area contributed by atoms with E-state index in [0.29, 0.717) is 23.3 Å². The number of nitrogens with zero attached hydrogens (tertiary/aromatic N) is 6. The third-order valence-electron chi connectivity index (χ3n) is 6.45. The Morgan fingerprint density at radius 3 is 2.53 bits per heavy atom. The molecule has 1 saturated carbocycles. The number of rotatable bonds is 6. The maximum absolute atomic E-state index is 10.7. The van der Waals surface area contributed by atoms with E-state index in [4.69, 9.17) is 0 Å². The fourth-order valence-electron chi connectivity index (χ4n) is 4.31. The molecule has 3 heterocycles. The van der Waals surface area contributed by atoms with Crippen molar-refractivity contribution >= 4 is 11.6 Å². The highest BCUT2D eigenvalue weighted by atomic mass is 16.3. The molecule has 0 spiro atoms. The van der Waals surface area contributed by atoms with E-state index in [9.17, 15) is 5.11 Å². The van der Waals surface area contributed by atoms with Crippen molar-refractivity contribution in [3.63, 3.8) is 0 Å². The number of phenolic OH excluding ortho intramolecular Hbond substituents is 1. The second-order valence-electron chi connectivity index (χ2n) is 8.93. The van der Waals surface area contributed by atoms with Crippen molar-refractivity contribution in [2.75, 3.05) is 37.0 Å². The fourth-order valence-corrected chi connectivity index (χ4v) is 4.31. The van der Waals surface area contributed by atoms with Gasteiger partial charge in [0.25, 0.3) is 0 Å². The Balaban J connectivity index is 1.29. The van der Waals surface area contributed by atoms with Crippen molar-refractivity contribution < 1.29 is 5.11 Å². The van der Waals surface area contributed by atoms with E-state index in [1.54, 1.807) is 12.3 Å². The third kappa shape index (κ3) is 4.23. The molecule has 5 rings (SSSR count). The lowest BCUT2D eigenvalue weighted by Crippen LogP contribution is -2.43. The number of hydrogen-bond acceptors (Lipinski definition) is 8. The summed E-state index contributed by atoms with van der Waals surface area (Å²) in [7, 11) is 3.84. The first-order valence-corrected chi connectivity index (χ1v) is 11.3. The lowest BCUT2D eigenvalue weighted by Gasteiger charge is -2.29. The summed E-state index contributed by atoms with van der Waals surface area (Å²) in [6, 6.07) is 12.7. The van der Waals surface area contributed by atoms with Crippen LogP contribution in [0.2, 0.25) is 0 Å². The Bertz CT molecular complexity index is 1080. The van der Waals surface area contributed by atoms with Crippen LogP contribution in [0.1, 0.15) is 25.7 Å². The van der Waals surface area contributed by atoms with E-state index >= 15 is 0 Å². The predicted octanol–water partition coefficient (Wildman–Crippen LogP) is 3.09. The monoisotopic (exact) mass is 431 g/mol. The molecule has 0 bridgehead atoms. The smallest absolute Gasteiger partial charge is 0.151 e. The van der Waals surface area contributed by atoms with E-state index in [1.807, 2.05) is 49.3 Å². The van der Waals surface area contributed by atoms with E-state index in [-0.39, 0.29) is 5.75 Å². The summed E-state index contributed by atoms with van der Waals surface area (Å²) >= 11 is 0. The van der Waals surface area contributed by atoms with Gasteiger partial charge in [0.05, 0.1) is 11.9 Å². The topological polar surface area (TPSA) is 90.3 Å². The number of phenols is 1. The van der Waals surface area contributed by atoms with Crippen molar-refractivity contribution in [3.05, 3.63) is 42.6 Å². The van der Waals surface area contributed by atoms with Gasteiger partial charge in [-0.1, -0.05) is 12.5 Å². The molecule has 8 nitrogen and oxygen atoms in total. The summed E-state index contributed by atoms with van der Waals surface area (Å²) in [5, 5.41) is 31.5. The van der Waals surface area contributed by atoms with Crippen LogP contribution in [-0.2, 0) is 0 Å². The molecule has 3 aromatic rings. The zero-order chi connectivity index (χ0) is 22.1. The van der Waals surface area contributed by atoms with Crippen LogP contribution in [0.4, 0.5) is 11.6 Å². The number of benzene rings is 1. The lowest BCUT2D eigenvalue weighted by molar-refractivity contribution is 0.311. The quantitative estimate of drug-likeness (QED) is 0.615. The summed E-state index contributed by atoms with van der Waals surface area (Å²) < 4.78 is 0. The highest BCUT2D eigenvalue weighted by Gasteiger charge is 2.27. The van der Waals surface area contributed by atoms with E-state index in [0.717, 1.165) is 42.3 Å². The summed E-state index contributed by atoms with van der Waals surface area (Å²) in [6.45, 7) is 1.96. The maximum Gasteiger partial charge on any atom is 0.151 e. The van der Waals surface area contributed by atoms with Gasteiger partial charge in [-0.2, -0.15) is 5.10 Å². The molecule has 2 aromatic heterocycles. The third-order valence-corrected chi connectivity index (χ3v) is 6.45. The van der Waals surface area contributed by atoms with Gasteiger partial charge in [0.1, 0.15) is 5.75 Å².